The van der Waals surface area contributed by atoms with Gasteiger partial charge in [-0.1, -0.05) is 0 Å². The van der Waals surface area contributed by atoms with E-state index >= 15 is 0 Å². The molecule has 9 heteroatoms. The standard InChI is InChI=1S/C20H15F4N3O2/c1-11-8-13(3-5-15(11)21)26-17(28)12-2-4-16(22)14(9-12)20(23,24)18(29)27-19(10-25)6-7-19/h2-5,8-9H,6-7H2,1H3,(H,26,28)(H,27,29). The summed E-state index contributed by atoms with van der Waals surface area (Å²) >= 11 is 0. The molecule has 0 bridgehead atoms. The predicted octanol–water partition coefficient (Wildman–Crippen LogP) is 3.79. The Balaban J connectivity index is 1.85. The van der Waals surface area contributed by atoms with E-state index in [-0.39, 0.29) is 29.7 Å². The van der Waals surface area contributed by atoms with E-state index in [9.17, 15) is 27.2 Å². The van der Waals surface area contributed by atoms with Gasteiger partial charge in [0.15, 0.2) is 0 Å². The first kappa shape index (κ1) is 20.3. The van der Waals surface area contributed by atoms with Crippen molar-refractivity contribution in [2.75, 3.05) is 5.32 Å². The average Bonchev–Trinajstić information content (AvgIpc) is 3.44. The molecule has 0 aromatic heterocycles. The van der Waals surface area contributed by atoms with Crippen molar-refractivity contribution >= 4 is 17.5 Å². The summed E-state index contributed by atoms with van der Waals surface area (Å²) in [6.45, 7) is 1.48. The first-order valence-electron chi connectivity index (χ1n) is 8.57. The molecule has 0 unspecified atom stereocenters. The minimum absolute atomic E-state index is 0.217. The van der Waals surface area contributed by atoms with Crippen LogP contribution in [0.25, 0.3) is 0 Å². The summed E-state index contributed by atoms with van der Waals surface area (Å²) < 4.78 is 56.4. The molecule has 1 aliphatic carbocycles. The van der Waals surface area contributed by atoms with E-state index in [1.807, 2.05) is 5.32 Å². The minimum Gasteiger partial charge on any atom is -0.332 e. The third kappa shape index (κ3) is 4.06. The average molecular weight is 405 g/mol. The lowest BCUT2D eigenvalue weighted by molar-refractivity contribution is -0.148. The number of rotatable bonds is 5. The second kappa shape index (κ2) is 7.20. The van der Waals surface area contributed by atoms with Crippen molar-refractivity contribution in [2.24, 2.45) is 0 Å². The summed E-state index contributed by atoms with van der Waals surface area (Å²) in [6.07, 6.45) is 0.459. The van der Waals surface area contributed by atoms with Gasteiger partial charge in [0.2, 0.25) is 0 Å². The van der Waals surface area contributed by atoms with Gasteiger partial charge in [-0.15, -0.1) is 0 Å². The van der Waals surface area contributed by atoms with E-state index in [0.29, 0.717) is 12.1 Å². The van der Waals surface area contributed by atoms with Crippen LogP contribution < -0.4 is 10.6 Å². The van der Waals surface area contributed by atoms with Gasteiger partial charge < -0.3 is 10.6 Å². The molecule has 0 spiro atoms. The first-order chi connectivity index (χ1) is 13.6. The van der Waals surface area contributed by atoms with Gasteiger partial charge in [-0.3, -0.25) is 9.59 Å². The van der Waals surface area contributed by atoms with Crippen LogP contribution >= 0.6 is 0 Å². The number of carbonyl (C=O) groups excluding carboxylic acids is 2. The highest BCUT2D eigenvalue weighted by molar-refractivity contribution is 6.04. The highest BCUT2D eigenvalue weighted by Gasteiger charge is 2.51. The zero-order valence-electron chi connectivity index (χ0n) is 15.2. The van der Waals surface area contributed by atoms with Crippen LogP contribution in [0.2, 0.25) is 0 Å². The maximum Gasteiger partial charge on any atom is 0.352 e. The maximum atomic E-state index is 14.5. The molecule has 0 heterocycles. The minimum atomic E-state index is -4.29. The van der Waals surface area contributed by atoms with Crippen molar-refractivity contribution in [3.05, 3.63) is 64.7 Å². The molecule has 1 aliphatic rings. The zero-order valence-corrected chi connectivity index (χ0v) is 15.2. The summed E-state index contributed by atoms with van der Waals surface area (Å²) in [5, 5.41) is 13.3. The van der Waals surface area contributed by atoms with Gasteiger partial charge in [0.05, 0.1) is 11.6 Å². The lowest BCUT2D eigenvalue weighted by atomic mass is 10.0. The molecule has 2 amide bonds. The highest BCUT2D eigenvalue weighted by atomic mass is 19.3. The van der Waals surface area contributed by atoms with Gasteiger partial charge in [0, 0.05) is 11.3 Å². The van der Waals surface area contributed by atoms with Crippen molar-refractivity contribution in [2.45, 2.75) is 31.2 Å². The summed E-state index contributed by atoms with van der Waals surface area (Å²) in [5.41, 5.74) is -2.48. The van der Waals surface area contributed by atoms with E-state index in [1.165, 1.54) is 19.1 Å². The van der Waals surface area contributed by atoms with Gasteiger partial charge in [0.1, 0.15) is 17.2 Å². The van der Waals surface area contributed by atoms with Crippen molar-refractivity contribution in [3.8, 4) is 6.07 Å². The van der Waals surface area contributed by atoms with Crippen LogP contribution in [0.1, 0.15) is 34.3 Å². The quantitative estimate of drug-likeness (QED) is 0.743. The fourth-order valence-corrected chi connectivity index (χ4v) is 2.64. The Bertz CT molecular complexity index is 1040. The molecule has 1 fully saturated rings. The number of nitrogens with one attached hydrogen (secondary N) is 2. The monoisotopic (exact) mass is 405 g/mol. The normalized spacial score (nSPS) is 14.6. The zero-order chi connectivity index (χ0) is 21.4. The molecule has 3 rings (SSSR count). The van der Waals surface area contributed by atoms with Gasteiger partial charge in [-0.2, -0.15) is 14.0 Å². The fourth-order valence-electron chi connectivity index (χ4n) is 2.64. The van der Waals surface area contributed by atoms with Crippen LogP contribution in [0, 0.1) is 29.9 Å². The number of hydrogen-bond acceptors (Lipinski definition) is 3. The van der Waals surface area contributed by atoms with Crippen molar-refractivity contribution < 1.29 is 27.2 Å². The topological polar surface area (TPSA) is 82.0 Å². The summed E-state index contributed by atoms with van der Waals surface area (Å²) in [6, 6.07) is 7.70. The van der Waals surface area contributed by atoms with Crippen LogP contribution in [0.3, 0.4) is 0 Å². The number of alkyl halides is 2. The molecule has 0 aliphatic heterocycles. The van der Waals surface area contributed by atoms with E-state index < -0.39 is 40.5 Å². The fraction of sp³-hybridized carbons (Fsp3) is 0.250. The van der Waals surface area contributed by atoms with Gasteiger partial charge in [0.25, 0.3) is 11.8 Å². The Hall–Kier alpha value is -3.41. The second-order valence-corrected chi connectivity index (χ2v) is 6.84. The van der Waals surface area contributed by atoms with Gasteiger partial charge in [-0.25, -0.2) is 8.78 Å². The second-order valence-electron chi connectivity index (χ2n) is 6.84. The molecular formula is C20H15F4N3O2. The molecule has 2 N–H and O–H groups in total. The first-order valence-corrected chi connectivity index (χ1v) is 8.57. The van der Waals surface area contributed by atoms with E-state index in [4.69, 9.17) is 5.26 Å². The SMILES string of the molecule is Cc1cc(NC(=O)c2ccc(F)c(C(F)(F)C(=O)NC3(C#N)CC3)c2)ccc1F. The van der Waals surface area contributed by atoms with E-state index in [0.717, 1.165) is 12.1 Å². The Morgan fingerprint density at radius 3 is 2.34 bits per heavy atom. The van der Waals surface area contributed by atoms with Gasteiger partial charge >= 0.3 is 5.92 Å². The number of nitriles is 1. The molecule has 5 nitrogen and oxygen atoms in total. The molecule has 0 saturated heterocycles. The number of nitrogens with zero attached hydrogens (tertiary/aromatic N) is 1. The molecule has 1 saturated carbocycles. The number of aryl methyl sites for hydroxylation is 1. The molecule has 150 valence electrons. The molecule has 2 aromatic carbocycles. The van der Waals surface area contributed by atoms with Crippen molar-refractivity contribution in [3.63, 3.8) is 0 Å². The number of anilines is 1. The lowest BCUT2D eigenvalue weighted by Gasteiger charge is -2.19. The van der Waals surface area contributed by atoms with Crippen LogP contribution in [0.5, 0.6) is 0 Å². The summed E-state index contributed by atoms with van der Waals surface area (Å²) in [7, 11) is 0. The predicted molar refractivity (Wildman–Crippen MR) is 95.1 cm³/mol. The van der Waals surface area contributed by atoms with Gasteiger partial charge in [-0.05, 0) is 61.7 Å². The Morgan fingerprint density at radius 2 is 1.76 bits per heavy atom. The molecular weight excluding hydrogens is 390 g/mol. The van der Waals surface area contributed by atoms with Crippen molar-refractivity contribution in [1.29, 1.82) is 5.26 Å². The molecule has 0 atom stereocenters. The van der Waals surface area contributed by atoms with Crippen LogP contribution in [-0.2, 0) is 10.7 Å². The van der Waals surface area contributed by atoms with E-state index in [1.54, 1.807) is 6.07 Å². The maximum absolute atomic E-state index is 14.5. The van der Waals surface area contributed by atoms with Crippen LogP contribution in [0.4, 0.5) is 23.2 Å². The third-order valence-electron chi connectivity index (χ3n) is 4.58. The number of amides is 2. The van der Waals surface area contributed by atoms with E-state index in [2.05, 4.69) is 5.32 Å². The third-order valence-corrected chi connectivity index (χ3v) is 4.58. The summed E-state index contributed by atoms with van der Waals surface area (Å²) in [4.78, 5) is 24.3. The van der Waals surface area contributed by atoms with Crippen LogP contribution in [-0.4, -0.2) is 17.4 Å². The van der Waals surface area contributed by atoms with Crippen molar-refractivity contribution in [1.82, 2.24) is 5.32 Å². The largest absolute Gasteiger partial charge is 0.352 e. The molecule has 0 radical (unpaired) electrons. The number of benzene rings is 2. The summed E-state index contributed by atoms with van der Waals surface area (Å²) in [5.74, 6) is -8.81. The number of carbonyl (C=O) groups is 2. The Labute approximate surface area is 163 Å². The molecule has 2 aromatic rings. The highest BCUT2D eigenvalue weighted by Crippen LogP contribution is 2.38. The smallest absolute Gasteiger partial charge is 0.332 e. The lowest BCUT2D eigenvalue weighted by Crippen LogP contribution is -2.45. The van der Waals surface area contributed by atoms with Crippen LogP contribution in [0.15, 0.2) is 36.4 Å². The molecule has 29 heavy (non-hydrogen) atoms. The number of hydrogen-bond donors (Lipinski definition) is 2. The number of halogens is 4. The Kier molecular flexibility index (Phi) is 5.05. The Morgan fingerprint density at radius 1 is 1.10 bits per heavy atom.